The summed E-state index contributed by atoms with van der Waals surface area (Å²) in [6.07, 6.45) is -0.344. The number of ether oxygens (including phenoxy) is 1. The van der Waals surface area contributed by atoms with Crippen LogP contribution in [0.15, 0.2) is 39.1 Å². The number of aromatic nitrogens is 2. The van der Waals surface area contributed by atoms with Gasteiger partial charge in [0.2, 0.25) is 0 Å². The standard InChI is InChI=1S/C18H19N3O5/c1-8(2)25-18(24)14-10(4)19-9(3)13(17(22)23)15(14)11-6-5-7-12-16(11)21-26-20-12/h5-8,13,15H,1-4H3,(H,22,23). The van der Waals surface area contributed by atoms with Gasteiger partial charge in [-0.05, 0) is 49.6 Å². The second-order valence-electron chi connectivity index (χ2n) is 6.48. The fourth-order valence-electron chi connectivity index (χ4n) is 3.31. The van der Waals surface area contributed by atoms with Crippen molar-refractivity contribution in [3.8, 4) is 0 Å². The Kier molecular flexibility index (Phi) is 4.58. The highest BCUT2D eigenvalue weighted by Gasteiger charge is 2.42. The van der Waals surface area contributed by atoms with Crippen LogP contribution in [-0.4, -0.2) is 39.2 Å². The molecular weight excluding hydrogens is 338 g/mol. The SMILES string of the molecule is CC1=NC(C)=C(C(=O)OC(C)C)C(c2cccc3nonc23)C1C(=O)O. The Morgan fingerprint density at radius 2 is 1.96 bits per heavy atom. The van der Waals surface area contributed by atoms with Crippen LogP contribution in [-0.2, 0) is 14.3 Å². The molecule has 3 rings (SSSR count). The fraction of sp³-hybridized carbons (Fsp3) is 0.389. The second kappa shape index (κ2) is 6.70. The molecule has 2 aromatic rings. The number of carboxylic acids is 1. The van der Waals surface area contributed by atoms with E-state index < -0.39 is 23.8 Å². The third-order valence-corrected chi connectivity index (χ3v) is 4.31. The van der Waals surface area contributed by atoms with E-state index in [9.17, 15) is 14.7 Å². The van der Waals surface area contributed by atoms with Gasteiger partial charge in [0.05, 0.1) is 11.7 Å². The summed E-state index contributed by atoms with van der Waals surface area (Å²) >= 11 is 0. The van der Waals surface area contributed by atoms with Gasteiger partial charge in [0, 0.05) is 17.3 Å². The molecule has 1 aliphatic heterocycles. The summed E-state index contributed by atoms with van der Waals surface area (Å²) in [6, 6.07) is 5.15. The highest BCUT2D eigenvalue weighted by Crippen LogP contribution is 2.41. The van der Waals surface area contributed by atoms with E-state index in [1.165, 1.54) is 0 Å². The Hall–Kier alpha value is -3.03. The minimum absolute atomic E-state index is 0.215. The molecule has 0 amide bonds. The molecule has 0 fully saturated rings. The molecule has 0 saturated heterocycles. The molecule has 2 heterocycles. The largest absolute Gasteiger partial charge is 0.481 e. The lowest BCUT2D eigenvalue weighted by Gasteiger charge is -2.30. The maximum Gasteiger partial charge on any atom is 0.336 e. The van der Waals surface area contributed by atoms with Gasteiger partial charge in [0.1, 0.15) is 17.0 Å². The van der Waals surface area contributed by atoms with Crippen LogP contribution in [0.4, 0.5) is 0 Å². The van der Waals surface area contributed by atoms with Crippen LogP contribution < -0.4 is 0 Å². The molecule has 0 spiro atoms. The van der Waals surface area contributed by atoms with Gasteiger partial charge >= 0.3 is 11.9 Å². The number of carbonyl (C=O) groups is 2. The average Bonchev–Trinajstić information content (AvgIpc) is 3.01. The minimum atomic E-state index is -1.08. The third-order valence-electron chi connectivity index (χ3n) is 4.31. The van der Waals surface area contributed by atoms with E-state index in [4.69, 9.17) is 9.37 Å². The van der Waals surface area contributed by atoms with E-state index in [1.807, 2.05) is 0 Å². The van der Waals surface area contributed by atoms with Crippen molar-refractivity contribution in [3.63, 3.8) is 0 Å². The molecule has 1 aromatic heterocycles. The topological polar surface area (TPSA) is 115 Å². The fourth-order valence-corrected chi connectivity index (χ4v) is 3.31. The number of allylic oxidation sites excluding steroid dienone is 1. The number of carboxylic acid groups (broad SMARTS) is 1. The lowest BCUT2D eigenvalue weighted by molar-refractivity contribution is -0.143. The quantitative estimate of drug-likeness (QED) is 0.836. The van der Waals surface area contributed by atoms with Crippen molar-refractivity contribution in [2.75, 3.05) is 0 Å². The third kappa shape index (κ3) is 2.98. The lowest BCUT2D eigenvalue weighted by Crippen LogP contribution is -2.36. The van der Waals surface area contributed by atoms with Crippen LogP contribution in [0.3, 0.4) is 0 Å². The van der Waals surface area contributed by atoms with Crippen LogP contribution in [0.2, 0.25) is 0 Å². The summed E-state index contributed by atoms with van der Waals surface area (Å²) in [5, 5.41) is 17.5. The molecule has 1 aliphatic rings. The molecule has 1 N–H and O–H groups in total. The summed E-state index contributed by atoms with van der Waals surface area (Å²) in [5.74, 6) is -3.48. The van der Waals surface area contributed by atoms with Crippen molar-refractivity contribution >= 4 is 28.7 Å². The first-order chi connectivity index (χ1) is 12.3. The normalized spacial score (nSPS) is 20.4. The van der Waals surface area contributed by atoms with Gasteiger partial charge in [-0.25, -0.2) is 9.42 Å². The van der Waals surface area contributed by atoms with Gasteiger partial charge in [-0.2, -0.15) is 0 Å². The molecule has 2 unspecified atom stereocenters. The molecule has 8 heteroatoms. The highest BCUT2D eigenvalue weighted by molar-refractivity contribution is 6.07. The van der Waals surface area contributed by atoms with E-state index in [0.717, 1.165) is 0 Å². The Labute approximate surface area is 149 Å². The van der Waals surface area contributed by atoms with Gasteiger partial charge in [0.25, 0.3) is 0 Å². The average molecular weight is 357 g/mol. The van der Waals surface area contributed by atoms with Gasteiger partial charge < -0.3 is 9.84 Å². The van der Waals surface area contributed by atoms with Gasteiger partial charge in [-0.15, -0.1) is 0 Å². The molecule has 0 bridgehead atoms. The van der Waals surface area contributed by atoms with Crippen LogP contribution in [0, 0.1) is 5.92 Å². The van der Waals surface area contributed by atoms with Crippen molar-refractivity contribution in [2.45, 2.75) is 39.7 Å². The van der Waals surface area contributed by atoms with Gasteiger partial charge in [0.15, 0.2) is 0 Å². The van der Waals surface area contributed by atoms with E-state index >= 15 is 0 Å². The zero-order chi connectivity index (χ0) is 19.0. The number of rotatable bonds is 4. The Morgan fingerprint density at radius 3 is 2.62 bits per heavy atom. The molecule has 0 aliphatic carbocycles. The number of hydrogen-bond acceptors (Lipinski definition) is 7. The Morgan fingerprint density at radius 1 is 1.23 bits per heavy atom. The lowest BCUT2D eigenvalue weighted by atomic mass is 9.75. The number of nitrogens with zero attached hydrogens (tertiary/aromatic N) is 3. The maximum absolute atomic E-state index is 12.8. The molecule has 2 atom stereocenters. The van der Waals surface area contributed by atoms with Crippen LogP contribution >= 0.6 is 0 Å². The smallest absolute Gasteiger partial charge is 0.336 e. The Balaban J connectivity index is 2.24. The first-order valence-corrected chi connectivity index (χ1v) is 8.22. The number of fused-ring (bicyclic) bond motifs is 1. The molecule has 1 aromatic carbocycles. The zero-order valence-electron chi connectivity index (χ0n) is 14.9. The van der Waals surface area contributed by atoms with E-state index in [0.29, 0.717) is 28.0 Å². The number of esters is 1. The van der Waals surface area contributed by atoms with Gasteiger partial charge in [-0.1, -0.05) is 12.1 Å². The Bertz CT molecular complexity index is 941. The van der Waals surface area contributed by atoms with Crippen molar-refractivity contribution in [1.29, 1.82) is 0 Å². The molecular formula is C18H19N3O5. The minimum Gasteiger partial charge on any atom is -0.481 e. The first-order valence-electron chi connectivity index (χ1n) is 8.22. The summed E-state index contributed by atoms with van der Waals surface area (Å²) < 4.78 is 10.1. The van der Waals surface area contributed by atoms with E-state index in [1.54, 1.807) is 45.9 Å². The summed E-state index contributed by atoms with van der Waals surface area (Å²) in [5.41, 5.74) is 2.51. The monoisotopic (exact) mass is 357 g/mol. The summed E-state index contributed by atoms with van der Waals surface area (Å²) in [6.45, 7) is 6.78. The first kappa shape index (κ1) is 17.8. The van der Waals surface area contributed by atoms with Crippen molar-refractivity contribution in [1.82, 2.24) is 10.3 Å². The van der Waals surface area contributed by atoms with Crippen molar-refractivity contribution in [2.24, 2.45) is 10.9 Å². The van der Waals surface area contributed by atoms with Crippen molar-refractivity contribution < 1.29 is 24.1 Å². The number of hydrogen-bond donors (Lipinski definition) is 1. The molecule has 0 saturated carbocycles. The summed E-state index contributed by atoms with van der Waals surface area (Å²) in [7, 11) is 0. The van der Waals surface area contributed by atoms with Gasteiger partial charge in [-0.3, -0.25) is 9.79 Å². The van der Waals surface area contributed by atoms with Crippen LogP contribution in [0.1, 0.15) is 39.2 Å². The summed E-state index contributed by atoms with van der Waals surface area (Å²) in [4.78, 5) is 29.0. The highest BCUT2D eigenvalue weighted by atomic mass is 16.6. The number of benzene rings is 1. The van der Waals surface area contributed by atoms with Crippen LogP contribution in [0.25, 0.3) is 11.0 Å². The molecule has 136 valence electrons. The molecule has 0 radical (unpaired) electrons. The predicted molar refractivity (Wildman–Crippen MR) is 92.7 cm³/mol. The number of aliphatic carboxylic acids is 1. The van der Waals surface area contributed by atoms with E-state index in [2.05, 4.69) is 15.3 Å². The zero-order valence-corrected chi connectivity index (χ0v) is 14.9. The molecule has 8 nitrogen and oxygen atoms in total. The van der Waals surface area contributed by atoms with Crippen LogP contribution in [0.5, 0.6) is 0 Å². The van der Waals surface area contributed by atoms with Crippen molar-refractivity contribution in [3.05, 3.63) is 35.0 Å². The molecule has 26 heavy (non-hydrogen) atoms. The van der Waals surface area contributed by atoms with E-state index in [-0.39, 0.29) is 11.7 Å². The second-order valence-corrected chi connectivity index (χ2v) is 6.48. The predicted octanol–water partition coefficient (Wildman–Crippen LogP) is 2.71. The number of aliphatic imine (C=N–C) groups is 1. The maximum atomic E-state index is 12.8. The number of carbonyl (C=O) groups excluding carboxylic acids is 1.